The molecule has 8 aromatic carbocycles. The van der Waals surface area contributed by atoms with Crippen LogP contribution in [0.2, 0.25) is 0 Å². The van der Waals surface area contributed by atoms with E-state index < -0.39 is 0 Å². The Morgan fingerprint density at radius 3 is 2.17 bits per heavy atom. The normalized spacial score (nSPS) is 17.3. The third-order valence-electron chi connectivity index (χ3n) is 12.9. The number of thiazole rings is 1. The minimum absolute atomic E-state index is 0.259. The first-order chi connectivity index (χ1) is 29.2. The number of aromatic nitrogens is 1. The Labute approximate surface area is 347 Å². The summed E-state index contributed by atoms with van der Waals surface area (Å²) in [6.07, 6.45) is 14.4. The summed E-state index contributed by atoms with van der Waals surface area (Å²) in [7, 11) is 0. The van der Waals surface area contributed by atoms with Gasteiger partial charge < -0.3 is 0 Å². The molecule has 1 spiro atoms. The molecule has 0 saturated heterocycles. The average molecular weight is 771 g/mol. The van der Waals surface area contributed by atoms with Gasteiger partial charge in [-0.1, -0.05) is 182 Å². The zero-order chi connectivity index (χ0) is 38.9. The molecule has 0 fully saturated rings. The van der Waals surface area contributed by atoms with Gasteiger partial charge in [0.15, 0.2) is 0 Å². The molecule has 3 aliphatic rings. The quantitative estimate of drug-likeness (QED) is 0.122. The zero-order valence-corrected chi connectivity index (χ0v) is 33.1. The second-order valence-electron chi connectivity index (χ2n) is 16.0. The van der Waals surface area contributed by atoms with Crippen LogP contribution in [0.15, 0.2) is 205 Å². The van der Waals surface area contributed by atoms with E-state index in [-0.39, 0.29) is 5.41 Å². The Kier molecular flexibility index (Phi) is 7.86. The third kappa shape index (κ3) is 5.32. The highest BCUT2D eigenvalue weighted by Gasteiger charge is 2.57. The maximum Gasteiger partial charge on any atom is 0.124 e. The third-order valence-corrected chi connectivity index (χ3v) is 14.0. The van der Waals surface area contributed by atoms with Gasteiger partial charge in [-0.15, -0.1) is 11.3 Å². The van der Waals surface area contributed by atoms with Gasteiger partial charge in [-0.2, -0.15) is 0 Å². The first kappa shape index (κ1) is 34.1. The zero-order valence-electron chi connectivity index (χ0n) is 32.3. The van der Waals surface area contributed by atoms with Crippen molar-refractivity contribution in [1.82, 2.24) is 4.98 Å². The van der Waals surface area contributed by atoms with Gasteiger partial charge in [0.25, 0.3) is 0 Å². The molecule has 2 atom stereocenters. The van der Waals surface area contributed by atoms with Crippen molar-refractivity contribution in [2.75, 3.05) is 0 Å². The molecule has 0 radical (unpaired) electrons. The number of nitrogens with zero attached hydrogens (tertiary/aromatic N) is 2. The molecule has 3 aliphatic carbocycles. The van der Waals surface area contributed by atoms with Gasteiger partial charge in [0.2, 0.25) is 0 Å². The Hall–Kier alpha value is -6.94. The Morgan fingerprint density at radius 1 is 0.644 bits per heavy atom. The summed E-state index contributed by atoms with van der Waals surface area (Å²) < 4.78 is 1.20. The molecule has 2 unspecified atom stereocenters. The number of hydrogen-bond donors (Lipinski definition) is 0. The van der Waals surface area contributed by atoms with E-state index in [0.29, 0.717) is 11.8 Å². The summed E-state index contributed by atoms with van der Waals surface area (Å²) in [5.41, 5.74) is 14.8. The lowest BCUT2D eigenvalue weighted by Crippen LogP contribution is -2.32. The van der Waals surface area contributed by atoms with Gasteiger partial charge in [-0.05, 0) is 90.8 Å². The highest BCUT2D eigenvalue weighted by molar-refractivity contribution is 7.21. The van der Waals surface area contributed by atoms with E-state index >= 15 is 0 Å². The van der Waals surface area contributed by atoms with Gasteiger partial charge in [-0.3, -0.25) is 4.99 Å². The van der Waals surface area contributed by atoms with E-state index in [0.717, 1.165) is 33.8 Å². The molecular weight excluding hydrogens is 733 g/mol. The number of fused-ring (bicyclic) bond motifs is 15. The van der Waals surface area contributed by atoms with Crippen LogP contribution in [0.4, 0.5) is 0 Å². The monoisotopic (exact) mass is 770 g/mol. The smallest absolute Gasteiger partial charge is 0.124 e. The van der Waals surface area contributed by atoms with E-state index in [9.17, 15) is 0 Å². The summed E-state index contributed by atoms with van der Waals surface area (Å²) in [5.74, 6) is 0.623. The topological polar surface area (TPSA) is 25.2 Å². The molecule has 0 saturated carbocycles. The van der Waals surface area contributed by atoms with Crippen LogP contribution in [0.3, 0.4) is 0 Å². The van der Waals surface area contributed by atoms with Gasteiger partial charge >= 0.3 is 0 Å². The lowest BCUT2D eigenvalue weighted by Gasteiger charge is -2.36. The Balaban J connectivity index is 0.952. The van der Waals surface area contributed by atoms with Crippen molar-refractivity contribution in [2.45, 2.75) is 17.8 Å². The Bertz CT molecular complexity index is 3210. The number of benzene rings is 8. The van der Waals surface area contributed by atoms with E-state index in [4.69, 9.17) is 9.98 Å². The second kappa shape index (κ2) is 13.6. The van der Waals surface area contributed by atoms with E-state index in [1.165, 1.54) is 70.8 Å². The van der Waals surface area contributed by atoms with Crippen LogP contribution in [0.5, 0.6) is 0 Å². The predicted octanol–water partition coefficient (Wildman–Crippen LogP) is 14.1. The van der Waals surface area contributed by atoms with Gasteiger partial charge in [0.05, 0.1) is 21.3 Å². The molecule has 1 aromatic heterocycles. The highest BCUT2D eigenvalue weighted by atomic mass is 32.1. The highest BCUT2D eigenvalue weighted by Crippen LogP contribution is 2.65. The van der Waals surface area contributed by atoms with Crippen molar-refractivity contribution in [1.29, 1.82) is 0 Å². The van der Waals surface area contributed by atoms with Crippen molar-refractivity contribution in [3.63, 3.8) is 0 Å². The number of aliphatic imine (C=N–C) groups is 1. The summed E-state index contributed by atoms with van der Waals surface area (Å²) in [6.45, 7) is 0. The average Bonchev–Trinajstić information content (AvgIpc) is 3.97. The fourth-order valence-corrected chi connectivity index (χ4v) is 11.3. The predicted molar refractivity (Wildman–Crippen MR) is 248 cm³/mol. The minimum Gasteiger partial charge on any atom is -0.256 e. The maximum atomic E-state index is 5.50. The molecule has 0 amide bonds. The fraction of sp³-hybridized carbons (Fsp3) is 0.0714. The van der Waals surface area contributed by atoms with Crippen LogP contribution in [0, 0.1) is 5.92 Å². The fourth-order valence-electron chi connectivity index (χ4n) is 10.3. The lowest BCUT2D eigenvalue weighted by molar-refractivity contribution is 0.465. The molecule has 0 N–H and O–H groups in total. The van der Waals surface area contributed by atoms with Crippen molar-refractivity contribution in [2.24, 2.45) is 10.9 Å². The summed E-state index contributed by atoms with van der Waals surface area (Å²) in [5, 5.41) is 5.85. The molecule has 9 aromatic rings. The molecule has 0 bridgehead atoms. The molecular formula is C56H38N2S. The van der Waals surface area contributed by atoms with E-state index in [1.54, 1.807) is 11.3 Å². The molecule has 3 heteroatoms. The van der Waals surface area contributed by atoms with Gasteiger partial charge in [-0.25, -0.2) is 4.98 Å². The van der Waals surface area contributed by atoms with E-state index in [1.807, 2.05) is 6.21 Å². The number of allylic oxidation sites excluding steroid dienone is 5. The van der Waals surface area contributed by atoms with Crippen molar-refractivity contribution >= 4 is 55.0 Å². The molecule has 0 aliphatic heterocycles. The molecule has 2 nitrogen and oxygen atoms in total. The summed E-state index contributed by atoms with van der Waals surface area (Å²) in [6, 6.07) is 62.1. The SMILES string of the molecule is C1=CC2c3ccc(-c4nc5c(ccc6ccc7cc(C=N/C(=C\Cc8ccccc8)c8ccccc8)ccc7c65)s4)cc3C3(c4ccccc4-c4ccccc43)C2C=C1. The largest absolute Gasteiger partial charge is 0.256 e. The van der Waals surface area contributed by atoms with Crippen molar-refractivity contribution in [3.8, 4) is 21.7 Å². The molecule has 59 heavy (non-hydrogen) atoms. The maximum absolute atomic E-state index is 5.50. The molecule has 12 rings (SSSR count). The minimum atomic E-state index is -0.259. The first-order valence-corrected chi connectivity index (χ1v) is 21.3. The van der Waals surface area contributed by atoms with Gasteiger partial charge in [0, 0.05) is 29.0 Å². The van der Waals surface area contributed by atoms with Crippen LogP contribution >= 0.6 is 11.3 Å². The summed E-state index contributed by atoms with van der Waals surface area (Å²) in [4.78, 5) is 10.6. The van der Waals surface area contributed by atoms with Crippen LogP contribution < -0.4 is 0 Å². The van der Waals surface area contributed by atoms with Crippen LogP contribution in [-0.4, -0.2) is 11.2 Å². The molecule has 278 valence electrons. The molecule has 1 heterocycles. The first-order valence-electron chi connectivity index (χ1n) is 20.5. The van der Waals surface area contributed by atoms with Crippen LogP contribution in [-0.2, 0) is 11.8 Å². The number of rotatable bonds is 6. The standard InChI is InChI=1S/C56H38N2S/c1-3-13-36(14-4-1)24-31-51(38-15-5-2-6-16-38)57-35-37-23-29-42-40(33-37)26-25-39-28-32-52-54(53(39)42)58-55(59-52)41-27-30-46-45-19-9-12-22-49(45)56(50(46)34-41)47-20-10-7-17-43(47)44-18-8-11-21-48(44)56/h1-23,25-35,45,49H,24H2/b51-31-,57-35?. The van der Waals surface area contributed by atoms with Crippen molar-refractivity contribution < 1.29 is 0 Å². The number of hydrogen-bond acceptors (Lipinski definition) is 3. The summed E-state index contributed by atoms with van der Waals surface area (Å²) >= 11 is 1.80. The van der Waals surface area contributed by atoms with Crippen LogP contribution in [0.1, 0.15) is 44.9 Å². The van der Waals surface area contributed by atoms with E-state index in [2.05, 4.69) is 200 Å². The lowest BCUT2D eigenvalue weighted by atomic mass is 9.65. The second-order valence-corrected chi connectivity index (χ2v) is 17.0. The Morgan fingerprint density at radius 2 is 1.36 bits per heavy atom. The van der Waals surface area contributed by atoms with Crippen LogP contribution in [0.25, 0.3) is 59.2 Å². The van der Waals surface area contributed by atoms with Crippen molar-refractivity contribution in [3.05, 3.63) is 239 Å². The van der Waals surface area contributed by atoms with Gasteiger partial charge in [0.1, 0.15) is 5.01 Å².